The van der Waals surface area contributed by atoms with Gasteiger partial charge in [-0.25, -0.2) is 14.5 Å². The molecule has 3 heterocycles. The molecule has 12 heteroatoms. The number of carboxylic acid groups (broad SMARTS) is 2. The highest BCUT2D eigenvalue weighted by atomic mass is 16.5. The molecule has 1 saturated carbocycles. The largest absolute Gasteiger partial charge is 0.493 e. The molecule has 1 aromatic carbocycles. The highest BCUT2D eigenvalue weighted by molar-refractivity contribution is 6.14. The Balaban J connectivity index is 0.000000357. The Bertz CT molecular complexity index is 1360. The van der Waals surface area contributed by atoms with E-state index in [2.05, 4.69) is 16.1 Å². The molecule has 4 N–H and O–H groups in total. The zero-order valence-electron chi connectivity index (χ0n) is 22.2. The fraction of sp³-hybridized carbons (Fsp3) is 0.393. The fourth-order valence-corrected chi connectivity index (χ4v) is 4.92. The summed E-state index contributed by atoms with van der Waals surface area (Å²) in [5.41, 5.74) is 4.04. The topological polar surface area (TPSA) is 177 Å². The van der Waals surface area contributed by atoms with E-state index in [1.807, 2.05) is 43.6 Å². The number of benzene rings is 1. The van der Waals surface area contributed by atoms with Crippen LogP contribution in [0.2, 0.25) is 0 Å². The van der Waals surface area contributed by atoms with Crippen molar-refractivity contribution in [1.29, 1.82) is 0 Å². The summed E-state index contributed by atoms with van der Waals surface area (Å²) in [5, 5.41) is 38.7. The first kappa shape index (κ1) is 28.7. The summed E-state index contributed by atoms with van der Waals surface area (Å²) in [4.78, 5) is 29.2. The van der Waals surface area contributed by atoms with Gasteiger partial charge in [-0.05, 0) is 62.1 Å². The van der Waals surface area contributed by atoms with Crippen LogP contribution in [0, 0.1) is 0 Å². The van der Waals surface area contributed by atoms with E-state index in [0.29, 0.717) is 18.8 Å². The maximum Gasteiger partial charge on any atom is 0.333 e. The number of hydrogen-bond acceptors (Lipinski definition) is 9. The number of aliphatic hydroxyl groups excluding tert-OH is 2. The predicted molar refractivity (Wildman–Crippen MR) is 143 cm³/mol. The summed E-state index contributed by atoms with van der Waals surface area (Å²) >= 11 is 0. The zero-order chi connectivity index (χ0) is 28.8. The Morgan fingerprint density at radius 2 is 1.98 bits per heavy atom. The van der Waals surface area contributed by atoms with Crippen LogP contribution in [0.1, 0.15) is 55.2 Å². The van der Waals surface area contributed by atoms with E-state index in [-0.39, 0.29) is 18.1 Å². The Morgan fingerprint density at radius 3 is 2.55 bits per heavy atom. The Kier molecular flexibility index (Phi) is 9.12. The van der Waals surface area contributed by atoms with Gasteiger partial charge in [-0.2, -0.15) is 5.10 Å². The fourth-order valence-electron chi connectivity index (χ4n) is 4.92. The number of rotatable bonds is 8. The number of fused-ring (bicyclic) bond motifs is 3. The smallest absolute Gasteiger partial charge is 0.333 e. The molecule has 0 radical (unpaired) electrons. The molecular weight excluding hydrogens is 520 g/mol. The zero-order valence-corrected chi connectivity index (χ0v) is 22.2. The molecule has 0 spiro atoms. The van der Waals surface area contributed by atoms with Crippen LogP contribution < -0.4 is 9.47 Å². The number of methoxy groups -OCH3 is 1. The van der Waals surface area contributed by atoms with Crippen LogP contribution in [-0.2, 0) is 9.59 Å². The summed E-state index contributed by atoms with van der Waals surface area (Å²) in [5.74, 6) is -0.500. The first-order valence-electron chi connectivity index (χ1n) is 12.9. The second-order valence-electron chi connectivity index (χ2n) is 9.45. The van der Waals surface area contributed by atoms with Gasteiger partial charge in [-0.15, -0.1) is 0 Å². The Labute approximate surface area is 230 Å². The van der Waals surface area contributed by atoms with Gasteiger partial charge in [0.05, 0.1) is 38.0 Å². The Hall–Kier alpha value is -4.29. The van der Waals surface area contributed by atoms with Gasteiger partial charge in [0.25, 0.3) is 0 Å². The van der Waals surface area contributed by atoms with Crippen LogP contribution in [0.3, 0.4) is 0 Å². The number of carbonyl (C=O) groups is 2. The molecule has 40 heavy (non-hydrogen) atoms. The molecule has 0 amide bonds. The number of aliphatic imine (C=N–C) groups is 1. The third-order valence-electron chi connectivity index (χ3n) is 6.78. The van der Waals surface area contributed by atoms with Crippen molar-refractivity contribution in [2.75, 3.05) is 13.7 Å². The van der Waals surface area contributed by atoms with E-state index in [1.165, 1.54) is 0 Å². The normalized spacial score (nSPS) is 20.1. The van der Waals surface area contributed by atoms with Crippen LogP contribution in [0.5, 0.6) is 11.5 Å². The molecule has 1 aliphatic carbocycles. The lowest BCUT2D eigenvalue weighted by Crippen LogP contribution is -2.34. The van der Waals surface area contributed by atoms with E-state index in [4.69, 9.17) is 29.8 Å². The molecule has 2 aliphatic rings. The summed E-state index contributed by atoms with van der Waals surface area (Å²) < 4.78 is 13.2. The van der Waals surface area contributed by atoms with Gasteiger partial charge >= 0.3 is 11.9 Å². The number of pyridine rings is 1. The molecule has 1 aliphatic heterocycles. The first-order chi connectivity index (χ1) is 19.2. The number of hydrogen-bond donors (Lipinski definition) is 4. The minimum absolute atomic E-state index is 0.138. The monoisotopic (exact) mass is 552 g/mol. The summed E-state index contributed by atoms with van der Waals surface area (Å²) in [7, 11) is 1.65. The molecular formula is C28H32N4O8. The lowest BCUT2D eigenvalue weighted by atomic mass is 9.74. The van der Waals surface area contributed by atoms with Crippen LogP contribution in [-0.4, -0.2) is 84.8 Å². The van der Waals surface area contributed by atoms with Crippen LogP contribution >= 0.6 is 0 Å². The van der Waals surface area contributed by atoms with Gasteiger partial charge in [0, 0.05) is 35.6 Å². The van der Waals surface area contributed by atoms with E-state index < -0.39 is 24.5 Å². The molecule has 1 fully saturated rings. The van der Waals surface area contributed by atoms with E-state index in [1.54, 1.807) is 18.0 Å². The van der Waals surface area contributed by atoms with Crippen LogP contribution in [0.25, 0.3) is 5.82 Å². The maximum absolute atomic E-state index is 10.3. The molecule has 0 unspecified atom stereocenters. The maximum atomic E-state index is 10.3. The van der Waals surface area contributed by atoms with Gasteiger partial charge in [-0.3, -0.25) is 9.79 Å². The summed E-state index contributed by atoms with van der Waals surface area (Å²) in [6.45, 7) is 2.53. The van der Waals surface area contributed by atoms with Crippen LogP contribution in [0.4, 0.5) is 0 Å². The van der Waals surface area contributed by atoms with Crippen LogP contribution in [0.15, 0.2) is 53.9 Å². The average Bonchev–Trinajstić information content (AvgIpc) is 3.48. The molecule has 0 bridgehead atoms. The molecule has 212 valence electrons. The highest BCUT2D eigenvalue weighted by Gasteiger charge is 2.37. The van der Waals surface area contributed by atoms with Gasteiger partial charge in [0.2, 0.25) is 0 Å². The molecule has 0 saturated heterocycles. The summed E-state index contributed by atoms with van der Waals surface area (Å²) in [6, 6.07) is 10.1. The van der Waals surface area contributed by atoms with Gasteiger partial charge in [0.15, 0.2) is 23.4 Å². The second kappa shape index (κ2) is 12.7. The molecule has 12 nitrogen and oxygen atoms in total. The standard InChI is InChI=1S/C24H26N4O3.C4H6O5/c1-3-31-22-12-17-18-11-16(29)6-7-20(18)27-24(19(17)13-21(22)30-2)15-5-8-23(25-14-15)28-10-4-9-26-28;5-2(4(8)9)1-3(6)7/h4-5,8-10,12-14,16,18,20,29H,3,6-7,11H2,1-2H3;2,5H,1H2,(H,6,7)(H,8,9)/t16-,18-,20-;2-/m11/s1. The van der Waals surface area contributed by atoms with Crippen molar-refractivity contribution >= 4 is 17.7 Å². The number of aromatic nitrogens is 3. The van der Waals surface area contributed by atoms with E-state index >= 15 is 0 Å². The predicted octanol–water partition coefficient (Wildman–Crippen LogP) is 2.43. The second-order valence-corrected chi connectivity index (χ2v) is 9.45. The minimum atomic E-state index is -1.79. The third kappa shape index (κ3) is 6.46. The van der Waals surface area contributed by atoms with Crippen molar-refractivity contribution in [1.82, 2.24) is 14.8 Å². The van der Waals surface area contributed by atoms with Gasteiger partial charge in [-0.1, -0.05) is 0 Å². The van der Waals surface area contributed by atoms with Gasteiger partial charge < -0.3 is 29.9 Å². The number of carboxylic acids is 2. The van der Waals surface area contributed by atoms with Crippen molar-refractivity contribution in [2.45, 2.75) is 56.8 Å². The average molecular weight is 553 g/mol. The molecule has 2 aromatic heterocycles. The minimum Gasteiger partial charge on any atom is -0.493 e. The number of nitrogens with zero attached hydrogens (tertiary/aromatic N) is 4. The van der Waals surface area contributed by atoms with Gasteiger partial charge in [0.1, 0.15) is 0 Å². The van der Waals surface area contributed by atoms with Crippen molar-refractivity contribution in [3.05, 3.63) is 65.6 Å². The van der Waals surface area contributed by atoms with Crippen molar-refractivity contribution in [2.24, 2.45) is 4.99 Å². The number of aliphatic hydroxyl groups is 2. The number of ether oxygens (including phenoxy) is 2. The molecule has 4 atom stereocenters. The lowest BCUT2D eigenvalue weighted by molar-refractivity contribution is -0.152. The Morgan fingerprint density at radius 1 is 1.18 bits per heavy atom. The van der Waals surface area contributed by atoms with Crippen molar-refractivity contribution in [3.63, 3.8) is 0 Å². The van der Waals surface area contributed by atoms with Crippen molar-refractivity contribution < 1.29 is 39.5 Å². The van der Waals surface area contributed by atoms with E-state index in [9.17, 15) is 14.7 Å². The molecule has 5 rings (SSSR count). The SMILES string of the molecule is CCOc1cc2c(cc1OC)C(c1ccc(-n3cccn3)nc1)=N[C@@H]1CC[C@@H](O)C[C@H]21.O=C(O)C[C@@H](O)C(=O)O. The van der Waals surface area contributed by atoms with E-state index in [0.717, 1.165) is 46.8 Å². The third-order valence-corrected chi connectivity index (χ3v) is 6.78. The first-order valence-corrected chi connectivity index (χ1v) is 12.9. The summed E-state index contributed by atoms with van der Waals surface area (Å²) in [6.07, 6.45) is 4.96. The quantitative estimate of drug-likeness (QED) is 0.325. The number of aliphatic carboxylic acids is 2. The molecule has 3 aromatic rings. The van der Waals surface area contributed by atoms with Crippen molar-refractivity contribution in [3.8, 4) is 17.3 Å². The lowest BCUT2D eigenvalue weighted by Gasteiger charge is -2.37. The highest BCUT2D eigenvalue weighted by Crippen LogP contribution is 2.45.